The molecule has 1 amide bonds. The maximum absolute atomic E-state index is 13.2. The molecule has 0 unspecified atom stereocenters. The van der Waals surface area contributed by atoms with Crippen LogP contribution in [0.15, 0.2) is 23.1 Å². The Morgan fingerprint density at radius 3 is 2.58 bits per heavy atom. The predicted octanol–water partition coefficient (Wildman–Crippen LogP) is 1.68. The number of amides is 1. The second-order valence-electron chi connectivity index (χ2n) is 4.34. The van der Waals surface area contributed by atoms with Crippen LogP contribution in [0, 0.1) is 11.7 Å². The Balaban J connectivity index is 2.85. The van der Waals surface area contributed by atoms with Gasteiger partial charge in [-0.15, -0.1) is 0 Å². The summed E-state index contributed by atoms with van der Waals surface area (Å²) in [5.41, 5.74) is -0.0437. The van der Waals surface area contributed by atoms with Crippen LogP contribution in [0.5, 0.6) is 0 Å². The van der Waals surface area contributed by atoms with E-state index in [2.05, 4.69) is 5.32 Å². The Morgan fingerprint density at radius 1 is 1.42 bits per heavy atom. The summed E-state index contributed by atoms with van der Waals surface area (Å²) in [5, 5.41) is 7.11. The molecule has 0 saturated heterocycles. The van der Waals surface area contributed by atoms with Crippen LogP contribution in [0.3, 0.4) is 0 Å². The molecule has 0 aliphatic carbocycles. The van der Waals surface area contributed by atoms with E-state index in [1.807, 2.05) is 13.8 Å². The number of rotatable bonds is 4. The number of nitrogens with two attached hydrogens (primary N) is 1. The molecule has 106 valence electrons. The first kappa shape index (κ1) is 15.4. The minimum absolute atomic E-state index is 0.0437. The minimum atomic E-state index is -4.04. The third-order valence-electron chi connectivity index (χ3n) is 1.99. The molecule has 0 bridgehead atoms. The third-order valence-corrected chi connectivity index (χ3v) is 2.89. The van der Waals surface area contributed by atoms with E-state index in [0.717, 1.165) is 18.2 Å². The molecule has 0 aliphatic heterocycles. The summed E-state index contributed by atoms with van der Waals surface area (Å²) >= 11 is 0. The molecule has 1 aromatic carbocycles. The Kier molecular flexibility index (Phi) is 4.84. The summed E-state index contributed by atoms with van der Waals surface area (Å²) in [6.07, 6.45) is -0.792. The van der Waals surface area contributed by atoms with Crippen LogP contribution in [-0.4, -0.2) is 21.1 Å². The number of primary sulfonamides is 1. The first-order valence-electron chi connectivity index (χ1n) is 5.45. The van der Waals surface area contributed by atoms with Crippen molar-refractivity contribution in [3.8, 4) is 0 Å². The number of benzene rings is 1. The van der Waals surface area contributed by atoms with Gasteiger partial charge in [-0.1, -0.05) is 13.8 Å². The van der Waals surface area contributed by atoms with Gasteiger partial charge in [-0.2, -0.15) is 0 Å². The van der Waals surface area contributed by atoms with Gasteiger partial charge in [0.1, 0.15) is 5.82 Å². The normalized spacial score (nSPS) is 11.4. The van der Waals surface area contributed by atoms with E-state index in [1.54, 1.807) is 0 Å². The molecule has 0 saturated carbocycles. The predicted molar refractivity (Wildman–Crippen MR) is 67.6 cm³/mol. The summed E-state index contributed by atoms with van der Waals surface area (Å²) < 4.78 is 40.2. The van der Waals surface area contributed by atoms with Gasteiger partial charge in [0.2, 0.25) is 10.0 Å². The number of anilines is 1. The Labute approximate surface area is 110 Å². The number of nitrogens with one attached hydrogen (secondary N) is 1. The third kappa shape index (κ3) is 5.23. The molecule has 0 aromatic heterocycles. The van der Waals surface area contributed by atoms with Crippen molar-refractivity contribution in [2.75, 3.05) is 11.9 Å². The number of hydrogen-bond acceptors (Lipinski definition) is 4. The lowest BCUT2D eigenvalue weighted by Crippen LogP contribution is -2.18. The van der Waals surface area contributed by atoms with Crippen molar-refractivity contribution < 1.29 is 22.3 Å². The van der Waals surface area contributed by atoms with Gasteiger partial charge < -0.3 is 4.74 Å². The Bertz CT molecular complexity index is 572. The van der Waals surface area contributed by atoms with Crippen molar-refractivity contribution in [1.82, 2.24) is 0 Å². The fraction of sp³-hybridized carbons (Fsp3) is 0.364. The molecular weight excluding hydrogens is 275 g/mol. The Hall–Kier alpha value is -1.67. The zero-order chi connectivity index (χ0) is 14.6. The van der Waals surface area contributed by atoms with E-state index in [0.29, 0.717) is 0 Å². The molecule has 0 aliphatic rings. The van der Waals surface area contributed by atoms with E-state index < -0.39 is 26.8 Å². The van der Waals surface area contributed by atoms with E-state index in [4.69, 9.17) is 9.88 Å². The van der Waals surface area contributed by atoms with Crippen LogP contribution in [0.25, 0.3) is 0 Å². The first-order valence-corrected chi connectivity index (χ1v) is 7.00. The van der Waals surface area contributed by atoms with Crippen LogP contribution in [0.2, 0.25) is 0 Å². The lowest BCUT2D eigenvalue weighted by molar-refractivity contribution is 0.147. The van der Waals surface area contributed by atoms with Crippen molar-refractivity contribution in [3.63, 3.8) is 0 Å². The van der Waals surface area contributed by atoms with E-state index >= 15 is 0 Å². The van der Waals surface area contributed by atoms with Gasteiger partial charge in [-0.3, -0.25) is 5.32 Å². The summed E-state index contributed by atoms with van der Waals surface area (Å²) in [6, 6.07) is 2.78. The van der Waals surface area contributed by atoms with Crippen LogP contribution in [0.1, 0.15) is 13.8 Å². The molecule has 1 aromatic rings. The molecular formula is C11H15FN2O4S. The quantitative estimate of drug-likeness (QED) is 0.881. The number of sulfonamides is 1. The second-order valence-corrected chi connectivity index (χ2v) is 5.90. The van der Waals surface area contributed by atoms with E-state index in [1.165, 1.54) is 0 Å². The number of carbonyl (C=O) groups excluding carboxylic acids is 1. The highest BCUT2D eigenvalue weighted by Gasteiger charge is 2.13. The monoisotopic (exact) mass is 290 g/mol. The van der Waals surface area contributed by atoms with E-state index in [-0.39, 0.29) is 18.2 Å². The van der Waals surface area contributed by atoms with Crippen molar-refractivity contribution in [1.29, 1.82) is 0 Å². The highest BCUT2D eigenvalue weighted by Crippen LogP contribution is 2.17. The second kappa shape index (κ2) is 5.98. The topological polar surface area (TPSA) is 98.5 Å². The van der Waals surface area contributed by atoms with Crippen molar-refractivity contribution in [2.24, 2.45) is 11.1 Å². The summed E-state index contributed by atoms with van der Waals surface area (Å²) in [4.78, 5) is 10.9. The maximum Gasteiger partial charge on any atom is 0.411 e. The average molecular weight is 290 g/mol. The smallest absolute Gasteiger partial charge is 0.411 e. The standard InChI is InChI=1S/C11H15FN2O4S/c1-7(2)6-18-11(15)14-9-3-8(12)4-10(5-9)19(13,16)17/h3-5,7H,6H2,1-2H3,(H,14,15)(H2,13,16,17). The van der Waals surface area contributed by atoms with Crippen LogP contribution >= 0.6 is 0 Å². The zero-order valence-electron chi connectivity index (χ0n) is 10.5. The first-order chi connectivity index (χ1) is 8.68. The van der Waals surface area contributed by atoms with Gasteiger partial charge in [0.15, 0.2) is 0 Å². The van der Waals surface area contributed by atoms with Gasteiger partial charge in [-0.25, -0.2) is 22.7 Å². The average Bonchev–Trinajstić information content (AvgIpc) is 2.24. The maximum atomic E-state index is 13.2. The molecule has 19 heavy (non-hydrogen) atoms. The lowest BCUT2D eigenvalue weighted by atomic mass is 10.2. The van der Waals surface area contributed by atoms with Gasteiger partial charge in [0, 0.05) is 5.69 Å². The summed E-state index contributed by atoms with van der Waals surface area (Å²) in [7, 11) is -4.04. The van der Waals surface area contributed by atoms with Gasteiger partial charge >= 0.3 is 6.09 Å². The molecule has 0 heterocycles. The molecule has 8 heteroatoms. The molecule has 0 atom stereocenters. The van der Waals surface area contributed by atoms with Gasteiger partial charge in [0.25, 0.3) is 0 Å². The lowest BCUT2D eigenvalue weighted by Gasteiger charge is -2.09. The van der Waals surface area contributed by atoms with Gasteiger partial charge in [-0.05, 0) is 24.1 Å². The van der Waals surface area contributed by atoms with Crippen molar-refractivity contribution in [3.05, 3.63) is 24.0 Å². The fourth-order valence-corrected chi connectivity index (χ4v) is 1.76. The summed E-state index contributed by atoms with van der Waals surface area (Å²) in [5.74, 6) is -0.677. The largest absolute Gasteiger partial charge is 0.449 e. The zero-order valence-corrected chi connectivity index (χ0v) is 11.3. The van der Waals surface area contributed by atoms with Crippen LogP contribution < -0.4 is 10.5 Å². The van der Waals surface area contributed by atoms with Crippen LogP contribution in [0.4, 0.5) is 14.9 Å². The fourth-order valence-electron chi connectivity index (χ4n) is 1.20. The van der Waals surface area contributed by atoms with E-state index in [9.17, 15) is 17.6 Å². The number of carbonyl (C=O) groups is 1. The molecule has 0 radical (unpaired) electrons. The summed E-state index contributed by atoms with van der Waals surface area (Å²) in [6.45, 7) is 3.91. The molecule has 6 nitrogen and oxygen atoms in total. The molecule has 0 fully saturated rings. The highest BCUT2D eigenvalue weighted by atomic mass is 32.2. The molecule has 1 rings (SSSR count). The van der Waals surface area contributed by atoms with Crippen LogP contribution in [-0.2, 0) is 14.8 Å². The SMILES string of the molecule is CC(C)COC(=O)Nc1cc(F)cc(S(N)(=O)=O)c1. The number of hydrogen-bond donors (Lipinski definition) is 2. The minimum Gasteiger partial charge on any atom is -0.449 e. The van der Waals surface area contributed by atoms with Crippen molar-refractivity contribution in [2.45, 2.75) is 18.7 Å². The Morgan fingerprint density at radius 2 is 2.05 bits per heavy atom. The highest BCUT2D eigenvalue weighted by molar-refractivity contribution is 7.89. The number of halogens is 1. The molecule has 3 N–H and O–H groups in total. The van der Waals surface area contributed by atoms with Gasteiger partial charge in [0.05, 0.1) is 11.5 Å². The van der Waals surface area contributed by atoms with Crippen molar-refractivity contribution >= 4 is 21.8 Å². The number of ether oxygens (including phenoxy) is 1. The molecule has 0 spiro atoms.